The second-order valence-corrected chi connectivity index (χ2v) is 7.14. The fraction of sp³-hybridized carbons (Fsp3) is 0.474. The fourth-order valence-electron chi connectivity index (χ4n) is 2.68. The number of hydrogen-bond acceptors (Lipinski definition) is 5. The molecule has 7 heteroatoms. The van der Waals surface area contributed by atoms with E-state index >= 15 is 0 Å². The van der Waals surface area contributed by atoms with E-state index in [0.717, 1.165) is 54.1 Å². The summed E-state index contributed by atoms with van der Waals surface area (Å²) in [5.41, 5.74) is 2.31. The number of benzene rings is 1. The summed E-state index contributed by atoms with van der Waals surface area (Å²) in [6, 6.07) is 5.99. The summed E-state index contributed by atoms with van der Waals surface area (Å²) in [5, 5.41) is 7.82. The normalized spacial score (nSPS) is 11.3. The van der Waals surface area contributed by atoms with E-state index in [1.54, 1.807) is 32.6 Å². The molecule has 0 aliphatic carbocycles. The molecule has 1 aromatic carbocycles. The van der Waals surface area contributed by atoms with Crippen LogP contribution in [-0.2, 0) is 12.8 Å². The number of aromatic nitrogens is 1. The van der Waals surface area contributed by atoms with Gasteiger partial charge in [-0.3, -0.25) is 4.99 Å². The number of nitrogens with one attached hydrogen (secondary N) is 2. The van der Waals surface area contributed by atoms with Crippen molar-refractivity contribution in [3.05, 3.63) is 39.3 Å². The Morgan fingerprint density at radius 3 is 2.35 bits per heavy atom. The van der Waals surface area contributed by atoms with E-state index in [2.05, 4.69) is 27.5 Å². The molecule has 1 aromatic heterocycles. The predicted octanol–water partition coefficient (Wildman–Crippen LogP) is 2.73. The van der Waals surface area contributed by atoms with Crippen molar-refractivity contribution >= 4 is 17.3 Å². The van der Waals surface area contributed by atoms with Gasteiger partial charge >= 0.3 is 0 Å². The predicted molar refractivity (Wildman–Crippen MR) is 108 cm³/mol. The Labute approximate surface area is 159 Å². The zero-order valence-corrected chi connectivity index (χ0v) is 17.0. The Balaban J connectivity index is 1.77. The molecule has 0 saturated heterocycles. The molecule has 0 amide bonds. The second kappa shape index (κ2) is 10.0. The molecule has 0 saturated carbocycles. The lowest BCUT2D eigenvalue weighted by atomic mass is 10.1. The van der Waals surface area contributed by atoms with Gasteiger partial charge in [0, 0.05) is 31.4 Å². The summed E-state index contributed by atoms with van der Waals surface area (Å²) in [7, 11) is 5.08. The molecule has 0 unspecified atom stereocenters. The van der Waals surface area contributed by atoms with Gasteiger partial charge in [0.2, 0.25) is 0 Å². The van der Waals surface area contributed by atoms with Crippen molar-refractivity contribution in [3.63, 3.8) is 0 Å². The lowest BCUT2D eigenvalue weighted by Gasteiger charge is -2.13. The largest absolute Gasteiger partial charge is 0.493 e. The average molecular weight is 377 g/mol. The number of guanidine groups is 1. The number of aliphatic imine (C=N–C) groups is 1. The third-order valence-corrected chi connectivity index (χ3v) is 5.15. The zero-order chi connectivity index (χ0) is 18.9. The molecule has 2 rings (SSSR count). The minimum Gasteiger partial charge on any atom is -0.493 e. The Kier molecular flexibility index (Phi) is 7.72. The van der Waals surface area contributed by atoms with Gasteiger partial charge in [-0.1, -0.05) is 6.07 Å². The second-order valence-electron chi connectivity index (χ2n) is 5.86. The van der Waals surface area contributed by atoms with Crippen LogP contribution in [0.4, 0.5) is 0 Å². The van der Waals surface area contributed by atoms with Crippen LogP contribution in [0.1, 0.15) is 21.1 Å². The van der Waals surface area contributed by atoms with Crippen molar-refractivity contribution in [1.82, 2.24) is 15.6 Å². The molecule has 6 nitrogen and oxygen atoms in total. The number of nitrogens with zero attached hydrogens (tertiary/aromatic N) is 2. The molecule has 0 bridgehead atoms. The molecule has 26 heavy (non-hydrogen) atoms. The highest BCUT2D eigenvalue weighted by molar-refractivity contribution is 7.11. The van der Waals surface area contributed by atoms with Crippen LogP contribution < -0.4 is 20.1 Å². The first kappa shape index (κ1) is 20.0. The average Bonchev–Trinajstić information content (AvgIpc) is 2.97. The summed E-state index contributed by atoms with van der Waals surface area (Å²) in [4.78, 5) is 10.1. The number of rotatable bonds is 8. The summed E-state index contributed by atoms with van der Waals surface area (Å²) in [6.07, 6.45) is 1.82. The molecule has 0 aliphatic rings. The maximum Gasteiger partial charge on any atom is 0.190 e. The molecule has 2 N–H and O–H groups in total. The Morgan fingerprint density at radius 1 is 1.08 bits per heavy atom. The summed E-state index contributed by atoms with van der Waals surface area (Å²) >= 11 is 1.76. The Bertz CT molecular complexity index is 743. The topological polar surface area (TPSA) is 67.8 Å². The summed E-state index contributed by atoms with van der Waals surface area (Å²) in [5.74, 6) is 2.31. The van der Waals surface area contributed by atoms with E-state index < -0.39 is 0 Å². The van der Waals surface area contributed by atoms with Crippen molar-refractivity contribution < 1.29 is 9.47 Å². The fourth-order valence-corrected chi connectivity index (χ4v) is 3.62. The standard InChI is InChI=1S/C19H28N4O2S/c1-13-18(26-14(2)23-13)9-11-22-19(20-3)21-10-8-15-6-7-16(24-4)17(12-15)25-5/h6-7,12H,8-11H2,1-5H3,(H2,20,21,22). The molecule has 0 radical (unpaired) electrons. The first-order chi connectivity index (χ1) is 12.6. The molecular formula is C19H28N4O2S. The Morgan fingerprint density at radius 2 is 1.77 bits per heavy atom. The minimum absolute atomic E-state index is 0.746. The van der Waals surface area contributed by atoms with Gasteiger partial charge in [0.1, 0.15) is 0 Å². The molecule has 0 spiro atoms. The minimum atomic E-state index is 0.746. The van der Waals surface area contributed by atoms with Crippen LogP contribution in [0.3, 0.4) is 0 Å². The van der Waals surface area contributed by atoms with Gasteiger partial charge in [0.15, 0.2) is 17.5 Å². The van der Waals surface area contributed by atoms with Gasteiger partial charge in [0.25, 0.3) is 0 Å². The van der Waals surface area contributed by atoms with Crippen molar-refractivity contribution in [2.75, 3.05) is 34.4 Å². The van der Waals surface area contributed by atoms with E-state index in [1.807, 2.05) is 25.1 Å². The highest BCUT2D eigenvalue weighted by Crippen LogP contribution is 2.27. The third kappa shape index (κ3) is 5.62. The van der Waals surface area contributed by atoms with E-state index in [0.29, 0.717) is 0 Å². The van der Waals surface area contributed by atoms with Gasteiger partial charge in [-0.25, -0.2) is 4.98 Å². The van der Waals surface area contributed by atoms with Gasteiger partial charge in [0.05, 0.1) is 24.9 Å². The van der Waals surface area contributed by atoms with Crippen LogP contribution in [0.25, 0.3) is 0 Å². The number of ether oxygens (including phenoxy) is 2. The quantitative estimate of drug-likeness (QED) is 0.548. The summed E-state index contributed by atoms with van der Waals surface area (Å²) < 4.78 is 10.6. The zero-order valence-electron chi connectivity index (χ0n) is 16.2. The Hall–Kier alpha value is -2.28. The molecule has 142 valence electrons. The van der Waals surface area contributed by atoms with Crippen molar-refractivity contribution in [2.45, 2.75) is 26.7 Å². The molecule has 2 aromatic rings. The maximum atomic E-state index is 5.35. The first-order valence-electron chi connectivity index (χ1n) is 8.65. The molecule has 0 atom stereocenters. The monoisotopic (exact) mass is 376 g/mol. The van der Waals surface area contributed by atoms with E-state index in [9.17, 15) is 0 Å². The van der Waals surface area contributed by atoms with Gasteiger partial charge in [-0.05, 0) is 38.0 Å². The van der Waals surface area contributed by atoms with E-state index in [-0.39, 0.29) is 0 Å². The number of aryl methyl sites for hydroxylation is 2. The number of methoxy groups -OCH3 is 2. The smallest absolute Gasteiger partial charge is 0.190 e. The molecule has 0 aliphatic heterocycles. The van der Waals surface area contributed by atoms with Crippen molar-refractivity contribution in [2.24, 2.45) is 4.99 Å². The van der Waals surface area contributed by atoms with Crippen LogP contribution in [0.5, 0.6) is 11.5 Å². The van der Waals surface area contributed by atoms with Crippen molar-refractivity contribution in [1.29, 1.82) is 0 Å². The third-order valence-electron chi connectivity index (χ3n) is 4.02. The van der Waals surface area contributed by atoms with Crippen LogP contribution in [0.15, 0.2) is 23.2 Å². The number of thiazole rings is 1. The molecule has 0 fully saturated rings. The van der Waals surface area contributed by atoms with E-state index in [4.69, 9.17) is 9.47 Å². The SMILES string of the molecule is CN=C(NCCc1ccc(OC)c(OC)c1)NCCc1sc(C)nc1C. The van der Waals surface area contributed by atoms with Crippen molar-refractivity contribution in [3.8, 4) is 11.5 Å². The lowest BCUT2D eigenvalue weighted by Crippen LogP contribution is -2.39. The highest BCUT2D eigenvalue weighted by atomic mass is 32.1. The maximum absolute atomic E-state index is 5.35. The highest BCUT2D eigenvalue weighted by Gasteiger charge is 2.06. The van der Waals surface area contributed by atoms with Crippen LogP contribution in [-0.4, -0.2) is 45.3 Å². The van der Waals surface area contributed by atoms with Gasteiger partial charge in [-0.15, -0.1) is 11.3 Å². The molecular weight excluding hydrogens is 348 g/mol. The number of hydrogen-bond donors (Lipinski definition) is 2. The van der Waals surface area contributed by atoms with Crippen LogP contribution in [0, 0.1) is 13.8 Å². The van der Waals surface area contributed by atoms with Crippen LogP contribution >= 0.6 is 11.3 Å². The van der Waals surface area contributed by atoms with Gasteiger partial charge in [-0.2, -0.15) is 0 Å². The van der Waals surface area contributed by atoms with E-state index in [1.165, 1.54) is 10.4 Å². The van der Waals surface area contributed by atoms with Crippen LogP contribution in [0.2, 0.25) is 0 Å². The summed E-state index contributed by atoms with van der Waals surface area (Å²) in [6.45, 7) is 5.73. The first-order valence-corrected chi connectivity index (χ1v) is 9.47. The van der Waals surface area contributed by atoms with Gasteiger partial charge < -0.3 is 20.1 Å². The lowest BCUT2D eigenvalue weighted by molar-refractivity contribution is 0.354. The molecule has 1 heterocycles.